The lowest BCUT2D eigenvalue weighted by Gasteiger charge is -2.16. The van der Waals surface area contributed by atoms with Crippen molar-refractivity contribution in [2.75, 3.05) is 12.9 Å². The lowest BCUT2D eigenvalue weighted by Crippen LogP contribution is -2.28. The van der Waals surface area contributed by atoms with E-state index in [9.17, 15) is 9.59 Å². The maximum Gasteiger partial charge on any atom is 0.258 e. The third-order valence-corrected chi connectivity index (χ3v) is 5.11. The van der Waals surface area contributed by atoms with Crippen LogP contribution in [-0.2, 0) is 9.59 Å². The molecule has 4 nitrogen and oxygen atoms in total. The second kappa shape index (κ2) is 9.52. The Labute approximate surface area is 148 Å². The molecular weight excluding hydrogens is 322 g/mol. The summed E-state index contributed by atoms with van der Waals surface area (Å²) < 4.78 is 5.14. The minimum absolute atomic E-state index is 0.00905. The smallest absolute Gasteiger partial charge is 0.258 e. The van der Waals surface area contributed by atoms with E-state index >= 15 is 0 Å². The minimum atomic E-state index is -0.287. The van der Waals surface area contributed by atoms with Crippen LogP contribution in [0.25, 0.3) is 0 Å². The van der Waals surface area contributed by atoms with Crippen molar-refractivity contribution in [3.8, 4) is 5.75 Å². The van der Waals surface area contributed by atoms with Crippen molar-refractivity contribution in [2.45, 2.75) is 45.1 Å². The highest BCUT2D eigenvalue weighted by atomic mass is 32.2. The molecule has 24 heavy (non-hydrogen) atoms. The molecule has 1 atom stereocenters. The van der Waals surface area contributed by atoms with Crippen molar-refractivity contribution in [3.63, 3.8) is 0 Å². The van der Waals surface area contributed by atoms with Crippen molar-refractivity contribution < 1.29 is 14.3 Å². The van der Waals surface area contributed by atoms with Crippen LogP contribution in [0.15, 0.2) is 35.2 Å². The highest BCUT2D eigenvalue weighted by Crippen LogP contribution is 2.27. The van der Waals surface area contributed by atoms with Crippen molar-refractivity contribution >= 4 is 23.5 Å². The third-order valence-electron chi connectivity index (χ3n) is 4.00. The summed E-state index contributed by atoms with van der Waals surface area (Å²) in [4.78, 5) is 25.1. The average molecular weight is 347 g/mol. The molecule has 1 N–H and O–H groups in total. The highest BCUT2D eigenvalue weighted by molar-refractivity contribution is 8.04. The van der Waals surface area contributed by atoms with Gasteiger partial charge in [-0.25, -0.2) is 0 Å². The first kappa shape index (κ1) is 18.6. The van der Waals surface area contributed by atoms with Crippen LogP contribution < -0.4 is 10.1 Å². The number of benzene rings is 1. The summed E-state index contributed by atoms with van der Waals surface area (Å²) in [5, 5.41) is 2.98. The summed E-state index contributed by atoms with van der Waals surface area (Å²) in [7, 11) is 1.61. The molecule has 0 saturated carbocycles. The fourth-order valence-electron chi connectivity index (χ4n) is 2.61. The summed E-state index contributed by atoms with van der Waals surface area (Å²) in [5.74, 6) is 1.47. The Morgan fingerprint density at radius 3 is 2.58 bits per heavy atom. The molecule has 1 amide bonds. The monoisotopic (exact) mass is 347 g/mol. The molecule has 2 rings (SSSR count). The summed E-state index contributed by atoms with van der Waals surface area (Å²) in [6.45, 7) is 2.17. The van der Waals surface area contributed by atoms with E-state index < -0.39 is 0 Å². The molecule has 1 aromatic rings. The van der Waals surface area contributed by atoms with E-state index in [0.717, 1.165) is 23.5 Å². The summed E-state index contributed by atoms with van der Waals surface area (Å²) in [6.07, 6.45) is 6.43. The van der Waals surface area contributed by atoms with E-state index in [4.69, 9.17) is 4.74 Å². The van der Waals surface area contributed by atoms with Gasteiger partial charge in [0.25, 0.3) is 5.91 Å². The molecule has 0 spiro atoms. The van der Waals surface area contributed by atoms with Gasteiger partial charge in [-0.15, -0.1) is 11.8 Å². The zero-order chi connectivity index (χ0) is 17.4. The van der Waals surface area contributed by atoms with Gasteiger partial charge in [-0.05, 0) is 29.9 Å². The summed E-state index contributed by atoms with van der Waals surface area (Å²) >= 11 is 1.48. The van der Waals surface area contributed by atoms with Gasteiger partial charge < -0.3 is 10.1 Å². The number of ketones is 1. The first-order chi connectivity index (χ1) is 11.6. The van der Waals surface area contributed by atoms with Crippen LogP contribution in [0.2, 0.25) is 0 Å². The lowest BCUT2D eigenvalue weighted by atomic mass is 10.0. The topological polar surface area (TPSA) is 55.4 Å². The molecule has 5 heteroatoms. The van der Waals surface area contributed by atoms with Gasteiger partial charge in [0.2, 0.25) is 0 Å². The zero-order valence-corrected chi connectivity index (χ0v) is 15.2. The lowest BCUT2D eigenvalue weighted by molar-refractivity contribution is -0.117. The number of nitrogens with one attached hydrogen (secondary N) is 1. The van der Waals surface area contributed by atoms with Crippen molar-refractivity contribution in [1.82, 2.24) is 5.32 Å². The number of amides is 1. The fourth-order valence-corrected chi connectivity index (χ4v) is 3.58. The predicted octanol–water partition coefficient (Wildman–Crippen LogP) is 4.02. The molecule has 130 valence electrons. The number of carbonyl (C=O) groups excluding carboxylic acids is 2. The molecule has 0 fully saturated rings. The molecule has 1 aliphatic heterocycles. The van der Waals surface area contributed by atoms with E-state index in [1.165, 1.54) is 37.1 Å². The third kappa shape index (κ3) is 5.41. The summed E-state index contributed by atoms with van der Waals surface area (Å²) in [6, 6.07) is 7.17. The number of unbranched alkanes of at least 4 members (excludes halogenated alkanes) is 3. The average Bonchev–Trinajstić information content (AvgIpc) is 2.73. The van der Waals surface area contributed by atoms with Crippen LogP contribution >= 0.6 is 11.8 Å². The maximum atomic E-state index is 12.4. The number of ether oxygens (including phenoxy) is 1. The van der Waals surface area contributed by atoms with Crippen molar-refractivity contribution in [1.29, 1.82) is 0 Å². The zero-order valence-electron chi connectivity index (χ0n) is 14.3. The number of carbonyl (C=O) groups is 2. The molecule has 0 aromatic heterocycles. The SMILES string of the molecule is CCCCCCSC1=CC(=O)CC(c2ccc(OC)cc2)NC1=O. The van der Waals surface area contributed by atoms with Crippen molar-refractivity contribution in [2.24, 2.45) is 0 Å². The Kier molecular flexibility index (Phi) is 7.37. The fraction of sp³-hybridized carbons (Fsp3) is 0.474. The van der Waals surface area contributed by atoms with Gasteiger partial charge in [-0.3, -0.25) is 9.59 Å². The van der Waals surface area contributed by atoms with E-state index in [0.29, 0.717) is 4.91 Å². The molecular formula is C19H25NO3S. The Bertz CT molecular complexity index is 595. The number of methoxy groups -OCH3 is 1. The highest BCUT2D eigenvalue weighted by Gasteiger charge is 2.24. The summed E-state index contributed by atoms with van der Waals surface area (Å²) in [5.41, 5.74) is 0.917. The van der Waals surface area contributed by atoms with Crippen LogP contribution in [-0.4, -0.2) is 24.6 Å². The number of hydrogen-bond donors (Lipinski definition) is 1. The van der Waals surface area contributed by atoms with Gasteiger partial charge in [0.05, 0.1) is 18.1 Å². The molecule has 0 radical (unpaired) electrons. The Balaban J connectivity index is 1.97. The molecule has 1 heterocycles. The molecule has 1 aromatic carbocycles. The van der Waals surface area contributed by atoms with E-state index in [1.54, 1.807) is 7.11 Å². The normalized spacial score (nSPS) is 17.9. The Morgan fingerprint density at radius 1 is 1.17 bits per heavy atom. The Hall–Kier alpha value is -1.75. The predicted molar refractivity (Wildman–Crippen MR) is 98.2 cm³/mol. The van der Waals surface area contributed by atoms with Crippen molar-refractivity contribution in [3.05, 3.63) is 40.8 Å². The van der Waals surface area contributed by atoms with Gasteiger partial charge in [-0.1, -0.05) is 38.3 Å². The van der Waals surface area contributed by atoms with E-state index in [2.05, 4.69) is 12.2 Å². The number of allylic oxidation sites excluding steroid dienone is 1. The van der Waals surface area contributed by atoms with Gasteiger partial charge >= 0.3 is 0 Å². The number of hydrogen-bond acceptors (Lipinski definition) is 4. The second-order valence-corrected chi connectivity index (χ2v) is 7.02. The maximum absolute atomic E-state index is 12.4. The molecule has 0 saturated heterocycles. The standard InChI is InChI=1S/C19H25NO3S/c1-3-4-5-6-11-24-18-13-15(21)12-17(20-19(18)22)14-7-9-16(23-2)10-8-14/h7-10,13,17H,3-6,11-12H2,1-2H3,(H,20,22). The largest absolute Gasteiger partial charge is 0.497 e. The molecule has 1 aliphatic rings. The van der Waals surface area contributed by atoms with Gasteiger partial charge in [0.1, 0.15) is 5.75 Å². The van der Waals surface area contributed by atoms with E-state index in [-0.39, 0.29) is 24.2 Å². The quantitative estimate of drug-likeness (QED) is 0.722. The van der Waals surface area contributed by atoms with Crippen LogP contribution in [0, 0.1) is 0 Å². The van der Waals surface area contributed by atoms with Gasteiger partial charge in [0, 0.05) is 12.5 Å². The second-order valence-electron chi connectivity index (χ2n) is 5.89. The van der Waals surface area contributed by atoms with Crippen LogP contribution in [0.1, 0.15) is 50.6 Å². The first-order valence-corrected chi connectivity index (χ1v) is 9.44. The minimum Gasteiger partial charge on any atom is -0.497 e. The molecule has 0 bridgehead atoms. The van der Waals surface area contributed by atoms with Crippen LogP contribution in [0.5, 0.6) is 5.75 Å². The molecule has 0 aliphatic carbocycles. The van der Waals surface area contributed by atoms with Crippen LogP contribution in [0.4, 0.5) is 0 Å². The Morgan fingerprint density at radius 2 is 1.92 bits per heavy atom. The van der Waals surface area contributed by atoms with E-state index in [1.807, 2.05) is 24.3 Å². The molecule has 1 unspecified atom stereocenters. The first-order valence-electron chi connectivity index (χ1n) is 8.46. The number of thioether (sulfide) groups is 1. The van der Waals surface area contributed by atoms with Gasteiger partial charge in [0.15, 0.2) is 5.78 Å². The van der Waals surface area contributed by atoms with Gasteiger partial charge in [-0.2, -0.15) is 0 Å². The van der Waals surface area contributed by atoms with Crippen LogP contribution in [0.3, 0.4) is 0 Å². The number of rotatable bonds is 8.